The third kappa shape index (κ3) is 22.9. The van der Waals surface area contributed by atoms with Crippen LogP contribution in [0.4, 0.5) is 0 Å². The first-order valence-corrected chi connectivity index (χ1v) is 14.7. The van der Waals surface area contributed by atoms with E-state index in [9.17, 15) is 0 Å². The Morgan fingerprint density at radius 3 is 1.11 bits per heavy atom. The minimum absolute atomic E-state index is 0.167. The van der Waals surface area contributed by atoms with Crippen LogP contribution in [0.25, 0.3) is 0 Å². The number of allylic oxidation sites excluding steroid dienone is 2. The van der Waals surface area contributed by atoms with Crippen molar-refractivity contribution >= 4 is 0 Å². The second-order valence-corrected chi connectivity index (χ2v) is 9.11. The molecular formula is C30H58O7. The summed E-state index contributed by atoms with van der Waals surface area (Å²) in [4.78, 5) is 0. The summed E-state index contributed by atoms with van der Waals surface area (Å²) in [7, 11) is 3.25. The zero-order valence-corrected chi connectivity index (χ0v) is 24.8. The van der Waals surface area contributed by atoms with E-state index in [0.717, 1.165) is 103 Å². The molecule has 2 unspecified atom stereocenters. The van der Waals surface area contributed by atoms with Crippen LogP contribution in [0, 0.1) is 0 Å². The predicted molar refractivity (Wildman–Crippen MR) is 150 cm³/mol. The molecule has 0 heterocycles. The molecule has 0 saturated carbocycles. The molecular weight excluding hydrogens is 472 g/mol. The fourth-order valence-corrected chi connectivity index (χ4v) is 3.24. The van der Waals surface area contributed by atoms with Crippen molar-refractivity contribution in [3.63, 3.8) is 0 Å². The molecule has 0 aromatic carbocycles. The maximum absolute atomic E-state index is 5.94. The van der Waals surface area contributed by atoms with E-state index < -0.39 is 12.6 Å². The van der Waals surface area contributed by atoms with Crippen LogP contribution < -0.4 is 0 Å². The lowest BCUT2D eigenvalue weighted by molar-refractivity contribution is -0.189. The van der Waals surface area contributed by atoms with Gasteiger partial charge in [-0.3, -0.25) is 0 Å². The highest BCUT2D eigenvalue weighted by Gasteiger charge is 2.13. The first-order chi connectivity index (χ1) is 18.1. The molecule has 37 heavy (non-hydrogen) atoms. The van der Waals surface area contributed by atoms with Gasteiger partial charge in [0.1, 0.15) is 0 Å². The van der Waals surface area contributed by atoms with E-state index in [-0.39, 0.29) is 12.6 Å². The fraction of sp³-hybridized carbons (Fsp3) is 0.867. The number of unbranched alkanes of at least 4 members (excludes halogenated alkanes) is 4. The van der Waals surface area contributed by atoms with E-state index in [0.29, 0.717) is 0 Å². The second-order valence-electron chi connectivity index (χ2n) is 9.11. The van der Waals surface area contributed by atoms with Crippen LogP contribution in [0.2, 0.25) is 0 Å². The monoisotopic (exact) mass is 530 g/mol. The Labute approximate surface area is 228 Å². The molecule has 0 bridgehead atoms. The maximum Gasteiger partial charge on any atom is 0.179 e. The van der Waals surface area contributed by atoms with Gasteiger partial charge >= 0.3 is 0 Å². The third-order valence-corrected chi connectivity index (χ3v) is 5.66. The van der Waals surface area contributed by atoms with Gasteiger partial charge in [-0.25, -0.2) is 0 Å². The second kappa shape index (κ2) is 28.2. The van der Waals surface area contributed by atoms with E-state index in [1.807, 2.05) is 12.2 Å². The first kappa shape index (κ1) is 36.2. The van der Waals surface area contributed by atoms with Crippen LogP contribution in [-0.2, 0) is 33.2 Å². The number of methoxy groups -OCH3 is 2. The van der Waals surface area contributed by atoms with Gasteiger partial charge in [0.25, 0.3) is 0 Å². The summed E-state index contributed by atoms with van der Waals surface area (Å²) in [5.74, 6) is 0. The molecule has 0 aromatic rings. The van der Waals surface area contributed by atoms with Gasteiger partial charge in [0.2, 0.25) is 0 Å². The van der Waals surface area contributed by atoms with Gasteiger partial charge in [-0.2, -0.15) is 0 Å². The third-order valence-electron chi connectivity index (χ3n) is 5.66. The normalized spacial score (nSPS) is 14.1. The summed E-state index contributed by atoms with van der Waals surface area (Å²) in [5, 5.41) is 0. The highest BCUT2D eigenvalue weighted by Crippen LogP contribution is 2.12. The Kier molecular flexibility index (Phi) is 27.6. The van der Waals surface area contributed by atoms with Crippen LogP contribution in [0.3, 0.4) is 0 Å². The van der Waals surface area contributed by atoms with Crippen molar-refractivity contribution in [2.45, 2.75) is 130 Å². The molecule has 0 aliphatic heterocycles. The van der Waals surface area contributed by atoms with Crippen LogP contribution >= 0.6 is 0 Å². The molecule has 7 nitrogen and oxygen atoms in total. The predicted octanol–water partition coefficient (Wildman–Crippen LogP) is 7.54. The number of rotatable bonds is 28. The summed E-state index contributed by atoms with van der Waals surface area (Å²) < 4.78 is 40.5. The van der Waals surface area contributed by atoms with Crippen molar-refractivity contribution in [1.29, 1.82) is 0 Å². The average molecular weight is 531 g/mol. The molecule has 0 rings (SSSR count). The average Bonchev–Trinajstić information content (AvgIpc) is 2.91. The van der Waals surface area contributed by atoms with Gasteiger partial charge < -0.3 is 33.2 Å². The Morgan fingerprint density at radius 1 is 0.514 bits per heavy atom. The van der Waals surface area contributed by atoms with E-state index in [2.05, 4.69) is 39.8 Å². The molecule has 0 amide bonds. The van der Waals surface area contributed by atoms with Crippen molar-refractivity contribution in [1.82, 2.24) is 0 Å². The molecule has 2 atom stereocenters. The van der Waals surface area contributed by atoms with E-state index in [4.69, 9.17) is 33.2 Å². The summed E-state index contributed by atoms with van der Waals surface area (Å²) >= 11 is 0. The number of hydrogen-bond acceptors (Lipinski definition) is 7. The van der Waals surface area contributed by atoms with Crippen molar-refractivity contribution in [3.05, 3.63) is 24.3 Å². The molecule has 0 N–H and O–H groups in total. The van der Waals surface area contributed by atoms with Gasteiger partial charge in [0, 0.05) is 53.5 Å². The van der Waals surface area contributed by atoms with Gasteiger partial charge in [-0.1, -0.05) is 65.5 Å². The minimum atomic E-state index is -0.502. The quantitative estimate of drug-likeness (QED) is 0.0588. The Bertz CT molecular complexity index is 448. The van der Waals surface area contributed by atoms with Crippen LogP contribution in [0.15, 0.2) is 24.3 Å². The fourth-order valence-electron chi connectivity index (χ4n) is 3.24. The van der Waals surface area contributed by atoms with E-state index >= 15 is 0 Å². The highest BCUT2D eigenvalue weighted by molar-refractivity contribution is 4.89. The van der Waals surface area contributed by atoms with Crippen LogP contribution in [-0.4, -0.2) is 65.8 Å². The van der Waals surface area contributed by atoms with Crippen molar-refractivity contribution in [2.75, 3.05) is 40.6 Å². The van der Waals surface area contributed by atoms with Crippen LogP contribution in [0.1, 0.15) is 105 Å². The SMILES string of the molecule is CCCCOC(CCC=CC(OC)OC(C=CCCC(OCCCC)OCCCC)OC)OCCCC. The maximum atomic E-state index is 5.94. The topological polar surface area (TPSA) is 64.6 Å². The first-order valence-electron chi connectivity index (χ1n) is 14.7. The lowest BCUT2D eigenvalue weighted by atomic mass is 10.2. The molecule has 0 spiro atoms. The van der Waals surface area contributed by atoms with Crippen molar-refractivity contribution in [3.8, 4) is 0 Å². The number of ether oxygens (including phenoxy) is 7. The standard InChI is InChI=1S/C30H58O7/c1-7-11-23-33-29(34-24-12-8-2)21-17-15-19-27(31-5)37-28(32-6)20-16-18-22-30(35-25-13-9-3)36-26-14-10-4/h15-16,19-20,27-30H,7-14,17-18,21-26H2,1-6H3. The van der Waals surface area contributed by atoms with E-state index in [1.165, 1.54) is 0 Å². The van der Waals surface area contributed by atoms with Crippen molar-refractivity contribution < 1.29 is 33.2 Å². The largest absolute Gasteiger partial charge is 0.353 e. The minimum Gasteiger partial charge on any atom is -0.353 e. The molecule has 0 aliphatic carbocycles. The molecule has 0 saturated heterocycles. The van der Waals surface area contributed by atoms with Crippen molar-refractivity contribution in [2.24, 2.45) is 0 Å². The summed E-state index contributed by atoms with van der Waals surface area (Å²) in [6, 6.07) is 0. The van der Waals surface area contributed by atoms with Gasteiger partial charge in [0.05, 0.1) is 0 Å². The summed E-state index contributed by atoms with van der Waals surface area (Å²) in [5.41, 5.74) is 0. The zero-order valence-electron chi connectivity index (χ0n) is 24.8. The molecule has 220 valence electrons. The van der Waals surface area contributed by atoms with E-state index in [1.54, 1.807) is 14.2 Å². The Morgan fingerprint density at radius 2 is 0.838 bits per heavy atom. The van der Waals surface area contributed by atoms with Gasteiger partial charge in [-0.05, 0) is 50.7 Å². The van der Waals surface area contributed by atoms with Gasteiger partial charge in [0.15, 0.2) is 25.2 Å². The Hall–Kier alpha value is -0.800. The smallest absolute Gasteiger partial charge is 0.179 e. The Balaban J connectivity index is 4.55. The molecule has 0 radical (unpaired) electrons. The molecule has 0 aliphatic rings. The lowest BCUT2D eigenvalue weighted by Gasteiger charge is -2.20. The molecule has 7 heteroatoms. The highest BCUT2D eigenvalue weighted by atomic mass is 16.8. The summed E-state index contributed by atoms with van der Waals surface area (Å²) in [6.07, 6.45) is 18.5. The zero-order chi connectivity index (χ0) is 27.4. The van der Waals surface area contributed by atoms with Crippen LogP contribution in [0.5, 0.6) is 0 Å². The lowest BCUT2D eigenvalue weighted by Crippen LogP contribution is -2.22. The summed E-state index contributed by atoms with van der Waals surface area (Å²) in [6.45, 7) is 11.6. The molecule has 0 aromatic heterocycles. The molecule has 0 fully saturated rings. The van der Waals surface area contributed by atoms with Gasteiger partial charge in [-0.15, -0.1) is 0 Å². The number of hydrogen-bond donors (Lipinski definition) is 0.